The van der Waals surface area contributed by atoms with E-state index in [9.17, 15) is 19.7 Å². The molecular formula is C18H18ClN3O4. The first-order valence-electron chi connectivity index (χ1n) is 7.75. The van der Waals surface area contributed by atoms with Gasteiger partial charge in [-0.3, -0.25) is 19.7 Å². The quantitative estimate of drug-likeness (QED) is 0.622. The van der Waals surface area contributed by atoms with Crippen molar-refractivity contribution < 1.29 is 14.5 Å². The van der Waals surface area contributed by atoms with Crippen molar-refractivity contribution in [2.45, 2.75) is 26.3 Å². The predicted octanol–water partition coefficient (Wildman–Crippen LogP) is 4.03. The van der Waals surface area contributed by atoms with Crippen LogP contribution in [0.15, 0.2) is 42.5 Å². The van der Waals surface area contributed by atoms with Gasteiger partial charge in [0.15, 0.2) is 0 Å². The molecule has 2 aromatic carbocycles. The van der Waals surface area contributed by atoms with Crippen LogP contribution in [0.5, 0.6) is 0 Å². The molecule has 0 saturated heterocycles. The summed E-state index contributed by atoms with van der Waals surface area (Å²) in [6, 6.07) is 9.93. The second-order valence-electron chi connectivity index (χ2n) is 6.66. The van der Waals surface area contributed by atoms with Gasteiger partial charge < -0.3 is 10.6 Å². The number of anilines is 1. The number of hydrogen-bond donors (Lipinski definition) is 2. The van der Waals surface area contributed by atoms with Crippen LogP contribution in [0.25, 0.3) is 0 Å². The first-order chi connectivity index (χ1) is 12.1. The molecule has 0 spiro atoms. The Labute approximate surface area is 155 Å². The van der Waals surface area contributed by atoms with Crippen molar-refractivity contribution in [2.24, 2.45) is 0 Å². The molecule has 26 heavy (non-hydrogen) atoms. The largest absolute Gasteiger partial charge is 0.347 e. The molecule has 0 fully saturated rings. The summed E-state index contributed by atoms with van der Waals surface area (Å²) in [6.45, 7) is 5.63. The van der Waals surface area contributed by atoms with E-state index < -0.39 is 10.8 Å². The van der Waals surface area contributed by atoms with Gasteiger partial charge in [-0.2, -0.15) is 0 Å². The Kier molecular flexibility index (Phi) is 5.62. The van der Waals surface area contributed by atoms with Gasteiger partial charge in [-0.05, 0) is 51.1 Å². The van der Waals surface area contributed by atoms with E-state index in [-0.39, 0.29) is 27.7 Å². The zero-order valence-corrected chi connectivity index (χ0v) is 15.3. The predicted molar refractivity (Wildman–Crippen MR) is 99.7 cm³/mol. The fraction of sp³-hybridized carbons (Fsp3) is 0.222. The maximum atomic E-state index is 12.3. The lowest BCUT2D eigenvalue weighted by molar-refractivity contribution is -0.384. The molecule has 0 atom stereocenters. The van der Waals surface area contributed by atoms with Crippen molar-refractivity contribution in [3.63, 3.8) is 0 Å². The Morgan fingerprint density at radius 2 is 1.65 bits per heavy atom. The number of nitro benzene ring substituents is 1. The number of amides is 2. The summed E-state index contributed by atoms with van der Waals surface area (Å²) in [4.78, 5) is 34.6. The number of hydrogen-bond acceptors (Lipinski definition) is 4. The molecule has 8 heteroatoms. The average molecular weight is 376 g/mol. The highest BCUT2D eigenvalue weighted by molar-refractivity contribution is 6.34. The Hall–Kier alpha value is -2.93. The second kappa shape index (κ2) is 7.53. The number of nitro groups is 1. The molecule has 0 radical (unpaired) electrons. The van der Waals surface area contributed by atoms with Crippen molar-refractivity contribution in [1.29, 1.82) is 0 Å². The van der Waals surface area contributed by atoms with Crippen LogP contribution >= 0.6 is 11.6 Å². The smallest absolute Gasteiger partial charge is 0.270 e. The molecular weight excluding hydrogens is 358 g/mol. The highest BCUT2D eigenvalue weighted by atomic mass is 35.5. The van der Waals surface area contributed by atoms with Gasteiger partial charge >= 0.3 is 0 Å². The lowest BCUT2D eigenvalue weighted by Crippen LogP contribution is -2.40. The van der Waals surface area contributed by atoms with Crippen LogP contribution in [0.3, 0.4) is 0 Å². The molecule has 7 nitrogen and oxygen atoms in total. The molecule has 0 heterocycles. The number of halogens is 1. The van der Waals surface area contributed by atoms with Gasteiger partial charge in [-0.15, -0.1) is 0 Å². The van der Waals surface area contributed by atoms with Gasteiger partial charge in [0.1, 0.15) is 0 Å². The minimum absolute atomic E-state index is 0.00424. The summed E-state index contributed by atoms with van der Waals surface area (Å²) in [5.74, 6) is -0.803. The monoisotopic (exact) mass is 375 g/mol. The van der Waals surface area contributed by atoms with E-state index >= 15 is 0 Å². The van der Waals surface area contributed by atoms with E-state index in [1.165, 1.54) is 12.1 Å². The molecule has 136 valence electrons. The Morgan fingerprint density at radius 3 is 2.19 bits per heavy atom. The number of carbonyl (C=O) groups excluding carboxylic acids is 2. The molecule has 0 unspecified atom stereocenters. The summed E-state index contributed by atoms with van der Waals surface area (Å²) in [5, 5.41) is 16.4. The summed E-state index contributed by atoms with van der Waals surface area (Å²) >= 11 is 5.95. The van der Waals surface area contributed by atoms with Gasteiger partial charge in [0.05, 0.1) is 15.5 Å². The van der Waals surface area contributed by atoms with Crippen molar-refractivity contribution in [1.82, 2.24) is 5.32 Å². The fourth-order valence-electron chi connectivity index (χ4n) is 2.12. The van der Waals surface area contributed by atoms with Crippen LogP contribution in [0.2, 0.25) is 5.02 Å². The highest BCUT2D eigenvalue weighted by Crippen LogP contribution is 2.23. The standard InChI is InChI=1S/C18H18ClN3O4/c1-18(2,3)21-16(23)11-4-6-12(7-5-11)20-17(24)14-10-13(22(25)26)8-9-15(14)19/h4-10H,1-3H3,(H,20,24)(H,21,23). The molecule has 2 rings (SSSR count). The molecule has 2 aromatic rings. The van der Waals surface area contributed by atoms with E-state index in [0.717, 1.165) is 6.07 Å². The van der Waals surface area contributed by atoms with Gasteiger partial charge in [0, 0.05) is 28.9 Å². The normalized spacial score (nSPS) is 10.9. The van der Waals surface area contributed by atoms with Crippen LogP contribution in [0.1, 0.15) is 41.5 Å². The summed E-state index contributed by atoms with van der Waals surface area (Å²) < 4.78 is 0. The van der Waals surface area contributed by atoms with Crippen LogP contribution < -0.4 is 10.6 Å². The number of nitrogens with zero attached hydrogens (tertiary/aromatic N) is 1. The molecule has 0 aliphatic rings. The number of rotatable bonds is 4. The SMILES string of the molecule is CC(C)(C)NC(=O)c1ccc(NC(=O)c2cc([N+](=O)[O-])ccc2Cl)cc1. The van der Waals surface area contributed by atoms with Crippen molar-refractivity contribution in [3.05, 3.63) is 68.7 Å². The Balaban J connectivity index is 2.14. The average Bonchev–Trinajstić information content (AvgIpc) is 2.54. The maximum absolute atomic E-state index is 12.3. The van der Waals surface area contributed by atoms with E-state index in [1.54, 1.807) is 24.3 Å². The van der Waals surface area contributed by atoms with Crippen LogP contribution in [0.4, 0.5) is 11.4 Å². The number of nitrogens with one attached hydrogen (secondary N) is 2. The third kappa shape index (κ3) is 5.03. The minimum Gasteiger partial charge on any atom is -0.347 e. The van der Waals surface area contributed by atoms with Gasteiger partial charge in [0.2, 0.25) is 0 Å². The first-order valence-corrected chi connectivity index (χ1v) is 8.12. The maximum Gasteiger partial charge on any atom is 0.270 e. The van der Waals surface area contributed by atoms with E-state index in [1.807, 2.05) is 20.8 Å². The molecule has 0 bridgehead atoms. The third-order valence-corrected chi connectivity index (χ3v) is 3.63. The topological polar surface area (TPSA) is 101 Å². The third-order valence-electron chi connectivity index (χ3n) is 3.30. The Bertz CT molecular complexity index is 858. The second-order valence-corrected chi connectivity index (χ2v) is 7.06. The van der Waals surface area contributed by atoms with Gasteiger partial charge in [-0.1, -0.05) is 11.6 Å². The Morgan fingerprint density at radius 1 is 1.04 bits per heavy atom. The van der Waals surface area contributed by atoms with E-state index in [2.05, 4.69) is 10.6 Å². The van der Waals surface area contributed by atoms with Crippen molar-refractivity contribution in [3.8, 4) is 0 Å². The highest BCUT2D eigenvalue weighted by Gasteiger charge is 2.17. The molecule has 0 saturated carbocycles. The summed E-state index contributed by atoms with van der Waals surface area (Å²) in [7, 11) is 0. The molecule has 0 aliphatic carbocycles. The zero-order chi connectivity index (χ0) is 19.5. The zero-order valence-electron chi connectivity index (χ0n) is 14.5. The van der Waals surface area contributed by atoms with Crippen molar-refractivity contribution in [2.75, 3.05) is 5.32 Å². The lowest BCUT2D eigenvalue weighted by atomic mass is 10.1. The fourth-order valence-corrected chi connectivity index (χ4v) is 2.32. The molecule has 0 aromatic heterocycles. The van der Waals surface area contributed by atoms with E-state index in [4.69, 9.17) is 11.6 Å². The van der Waals surface area contributed by atoms with Crippen molar-refractivity contribution >= 4 is 34.8 Å². The minimum atomic E-state index is -0.601. The lowest BCUT2D eigenvalue weighted by Gasteiger charge is -2.20. The summed E-state index contributed by atoms with van der Waals surface area (Å²) in [5.41, 5.74) is 0.295. The molecule has 2 N–H and O–H groups in total. The molecule has 2 amide bonds. The van der Waals surface area contributed by atoms with Crippen LogP contribution in [-0.2, 0) is 0 Å². The van der Waals surface area contributed by atoms with Gasteiger partial charge in [0.25, 0.3) is 17.5 Å². The van der Waals surface area contributed by atoms with Gasteiger partial charge in [-0.25, -0.2) is 0 Å². The number of carbonyl (C=O) groups is 2. The number of non-ortho nitro benzene ring substituents is 1. The van der Waals surface area contributed by atoms with E-state index in [0.29, 0.717) is 11.3 Å². The number of benzene rings is 2. The van der Waals surface area contributed by atoms with Crippen LogP contribution in [0, 0.1) is 10.1 Å². The van der Waals surface area contributed by atoms with Crippen LogP contribution in [-0.4, -0.2) is 22.3 Å². The first kappa shape index (κ1) is 19.4. The molecule has 0 aliphatic heterocycles. The summed E-state index contributed by atoms with van der Waals surface area (Å²) in [6.07, 6.45) is 0.